The van der Waals surface area contributed by atoms with E-state index in [4.69, 9.17) is 0 Å². The van der Waals surface area contributed by atoms with Gasteiger partial charge < -0.3 is 0 Å². The number of benzene rings is 2. The highest BCUT2D eigenvalue weighted by atomic mass is 32.2. The van der Waals surface area contributed by atoms with Crippen molar-refractivity contribution in [3.63, 3.8) is 0 Å². The molecule has 0 radical (unpaired) electrons. The maximum atomic E-state index is 13.4. The van der Waals surface area contributed by atoms with Gasteiger partial charge in [-0.05, 0) is 42.5 Å². The van der Waals surface area contributed by atoms with Gasteiger partial charge in [-0.25, -0.2) is 9.89 Å². The number of amides is 1. The van der Waals surface area contributed by atoms with Crippen molar-refractivity contribution in [3.05, 3.63) is 70.1 Å². The van der Waals surface area contributed by atoms with Gasteiger partial charge in [-0.2, -0.15) is 0 Å². The van der Waals surface area contributed by atoms with Gasteiger partial charge in [0.2, 0.25) is 5.91 Å². The fourth-order valence-corrected chi connectivity index (χ4v) is 4.49. The molecule has 1 aliphatic heterocycles. The summed E-state index contributed by atoms with van der Waals surface area (Å²) in [5, 5.41) is 7.18. The lowest BCUT2D eigenvalue weighted by Crippen LogP contribution is -2.28. The summed E-state index contributed by atoms with van der Waals surface area (Å²) in [6.07, 6.45) is 3.69. The Labute approximate surface area is 173 Å². The van der Waals surface area contributed by atoms with Crippen molar-refractivity contribution in [3.8, 4) is 0 Å². The molecule has 0 saturated carbocycles. The third-order valence-corrected chi connectivity index (χ3v) is 6.12. The lowest BCUT2D eigenvalue weighted by molar-refractivity contribution is -0.115. The van der Waals surface area contributed by atoms with Crippen LogP contribution in [0.25, 0.3) is 0 Å². The van der Waals surface area contributed by atoms with Crippen molar-refractivity contribution in [1.82, 2.24) is 14.8 Å². The molecule has 1 amide bonds. The zero-order valence-electron chi connectivity index (χ0n) is 16.4. The number of thioether (sulfide) groups is 1. The molecule has 2 heterocycles. The Morgan fingerprint density at radius 1 is 1.07 bits per heavy atom. The number of fused-ring (bicyclic) bond motifs is 2. The summed E-state index contributed by atoms with van der Waals surface area (Å²) in [6.45, 7) is 2.69. The third kappa shape index (κ3) is 4.00. The highest BCUT2D eigenvalue weighted by Crippen LogP contribution is 2.36. The first-order chi connectivity index (χ1) is 14.2. The molecule has 150 valence electrons. The Balaban J connectivity index is 1.62. The number of para-hydroxylation sites is 2. The minimum atomic E-state index is -0.223. The number of hydrogen-bond acceptors (Lipinski definition) is 4. The number of unbranched alkanes of at least 4 members (excludes halogenated alkanes) is 1. The number of carbonyl (C=O) groups is 1. The first-order valence-corrected chi connectivity index (χ1v) is 10.9. The number of aryl methyl sites for hydroxylation is 2. The molecule has 1 N–H and O–H groups in total. The van der Waals surface area contributed by atoms with Crippen LogP contribution in [0, 0.1) is 0 Å². The van der Waals surface area contributed by atoms with Gasteiger partial charge in [0, 0.05) is 6.54 Å². The summed E-state index contributed by atoms with van der Waals surface area (Å²) in [6, 6.07) is 16.2. The highest BCUT2D eigenvalue weighted by Gasteiger charge is 2.26. The van der Waals surface area contributed by atoms with Crippen LogP contribution in [0.3, 0.4) is 0 Å². The van der Waals surface area contributed by atoms with E-state index in [1.54, 1.807) is 4.57 Å². The zero-order valence-corrected chi connectivity index (χ0v) is 17.2. The van der Waals surface area contributed by atoms with Gasteiger partial charge >= 0.3 is 5.69 Å². The van der Waals surface area contributed by atoms with E-state index in [2.05, 4.69) is 29.3 Å². The van der Waals surface area contributed by atoms with Gasteiger partial charge in [-0.1, -0.05) is 61.5 Å². The van der Waals surface area contributed by atoms with Gasteiger partial charge in [0.05, 0.1) is 17.1 Å². The molecule has 0 aliphatic carbocycles. The molecular formula is C22H24N4O2S. The summed E-state index contributed by atoms with van der Waals surface area (Å²) >= 11 is 1.31. The van der Waals surface area contributed by atoms with Crippen LogP contribution in [-0.4, -0.2) is 26.4 Å². The number of rotatable bonds is 6. The molecule has 0 spiro atoms. The predicted octanol–water partition coefficient (Wildman–Crippen LogP) is 3.93. The molecule has 0 saturated heterocycles. The summed E-state index contributed by atoms with van der Waals surface area (Å²) < 4.78 is 1.62. The second-order valence-electron chi connectivity index (χ2n) is 7.09. The van der Waals surface area contributed by atoms with Gasteiger partial charge in [0.1, 0.15) is 0 Å². The molecule has 0 atom stereocenters. The second kappa shape index (κ2) is 8.69. The largest absolute Gasteiger partial charge is 0.343 e. The number of aromatic nitrogens is 3. The lowest BCUT2D eigenvalue weighted by atomic mass is 10.0. The van der Waals surface area contributed by atoms with Crippen LogP contribution in [0.5, 0.6) is 0 Å². The fourth-order valence-electron chi connectivity index (χ4n) is 3.67. The van der Waals surface area contributed by atoms with Crippen LogP contribution >= 0.6 is 11.8 Å². The van der Waals surface area contributed by atoms with Crippen LogP contribution in [-0.2, 0) is 24.2 Å². The van der Waals surface area contributed by atoms with Crippen molar-refractivity contribution >= 4 is 29.0 Å². The molecule has 29 heavy (non-hydrogen) atoms. The van der Waals surface area contributed by atoms with Crippen molar-refractivity contribution in [2.45, 2.75) is 44.3 Å². The van der Waals surface area contributed by atoms with Crippen LogP contribution in [0.4, 0.5) is 11.4 Å². The Morgan fingerprint density at radius 3 is 2.31 bits per heavy atom. The van der Waals surface area contributed by atoms with E-state index in [1.807, 2.05) is 41.3 Å². The van der Waals surface area contributed by atoms with Gasteiger partial charge in [0.25, 0.3) is 0 Å². The second-order valence-corrected chi connectivity index (χ2v) is 8.03. The monoisotopic (exact) mass is 408 g/mol. The SMILES string of the molecule is CCCCn1c(SCC(=O)N2c3ccccc3CCc3ccccc32)n[nH]c1=O. The molecule has 0 bridgehead atoms. The van der Waals surface area contributed by atoms with Gasteiger partial charge in [-0.15, -0.1) is 5.10 Å². The fraction of sp³-hybridized carbons (Fsp3) is 0.318. The van der Waals surface area contributed by atoms with Crippen molar-refractivity contribution in [2.24, 2.45) is 0 Å². The number of hydrogen-bond donors (Lipinski definition) is 1. The summed E-state index contributed by atoms with van der Waals surface area (Å²) in [4.78, 5) is 27.2. The molecule has 3 aromatic rings. The minimum absolute atomic E-state index is 0.0192. The maximum Gasteiger partial charge on any atom is 0.343 e. The standard InChI is InChI=1S/C22H24N4O2S/c1-2-3-14-25-21(28)23-24-22(25)29-15-20(27)26-18-10-6-4-8-16(18)12-13-17-9-5-7-11-19(17)26/h4-11H,2-3,12-15H2,1H3,(H,23,28). The summed E-state index contributed by atoms with van der Waals surface area (Å²) in [5.41, 5.74) is 3.99. The first-order valence-electron chi connectivity index (χ1n) is 9.95. The Morgan fingerprint density at radius 2 is 1.69 bits per heavy atom. The Hall–Kier alpha value is -2.80. The number of anilines is 2. The van der Waals surface area contributed by atoms with E-state index in [-0.39, 0.29) is 17.3 Å². The lowest BCUT2D eigenvalue weighted by Gasteiger charge is -2.24. The predicted molar refractivity (Wildman–Crippen MR) is 116 cm³/mol. The molecule has 7 heteroatoms. The van der Waals surface area contributed by atoms with E-state index in [0.717, 1.165) is 37.1 Å². The van der Waals surface area contributed by atoms with E-state index < -0.39 is 0 Å². The molecule has 1 aromatic heterocycles. The normalized spacial score (nSPS) is 12.9. The Kier molecular flexibility index (Phi) is 5.85. The molecule has 0 fully saturated rings. The van der Waals surface area contributed by atoms with Crippen molar-refractivity contribution in [2.75, 3.05) is 10.7 Å². The smallest absolute Gasteiger partial charge is 0.280 e. The molecule has 2 aromatic carbocycles. The molecule has 0 unspecified atom stereocenters. The van der Waals surface area contributed by atoms with Crippen molar-refractivity contribution < 1.29 is 4.79 Å². The topological polar surface area (TPSA) is 71.0 Å². The van der Waals surface area contributed by atoms with Gasteiger partial charge in [-0.3, -0.25) is 14.3 Å². The maximum absolute atomic E-state index is 13.4. The first kappa shape index (κ1) is 19.5. The van der Waals surface area contributed by atoms with E-state index >= 15 is 0 Å². The van der Waals surface area contributed by atoms with Gasteiger partial charge in [0.15, 0.2) is 5.16 Å². The number of aromatic amines is 1. The minimum Gasteiger partial charge on any atom is -0.280 e. The van der Waals surface area contributed by atoms with Crippen LogP contribution in [0.1, 0.15) is 30.9 Å². The molecule has 6 nitrogen and oxygen atoms in total. The van der Waals surface area contributed by atoms with E-state index in [0.29, 0.717) is 11.7 Å². The molecular weight excluding hydrogens is 384 g/mol. The molecule has 4 rings (SSSR count). The Bertz CT molecular complexity index is 1020. The third-order valence-electron chi connectivity index (χ3n) is 5.16. The summed E-state index contributed by atoms with van der Waals surface area (Å²) in [7, 11) is 0. The zero-order chi connectivity index (χ0) is 20.2. The van der Waals surface area contributed by atoms with Crippen molar-refractivity contribution in [1.29, 1.82) is 0 Å². The average Bonchev–Trinajstić information content (AvgIpc) is 3.00. The number of nitrogens with one attached hydrogen (secondary N) is 1. The quantitative estimate of drug-likeness (QED) is 0.628. The van der Waals surface area contributed by atoms with E-state index in [1.165, 1.54) is 22.9 Å². The highest BCUT2D eigenvalue weighted by molar-refractivity contribution is 7.99. The van der Waals surface area contributed by atoms with Crippen LogP contribution in [0.15, 0.2) is 58.5 Å². The van der Waals surface area contributed by atoms with Crippen LogP contribution < -0.4 is 10.6 Å². The number of nitrogens with zero attached hydrogens (tertiary/aromatic N) is 3. The van der Waals surface area contributed by atoms with Crippen LogP contribution in [0.2, 0.25) is 0 Å². The average molecular weight is 409 g/mol. The molecule has 1 aliphatic rings. The number of carbonyl (C=O) groups excluding carboxylic acids is 1. The van der Waals surface area contributed by atoms with E-state index in [9.17, 15) is 9.59 Å². The number of H-pyrrole nitrogens is 1. The summed E-state index contributed by atoms with van der Waals surface area (Å²) in [5.74, 6) is 0.188.